The molecule has 3 aliphatic rings. The van der Waals surface area contributed by atoms with Crippen molar-refractivity contribution >= 4 is 28.7 Å². The van der Waals surface area contributed by atoms with Crippen LogP contribution in [0.4, 0.5) is 14.8 Å². The number of aromatic nitrogens is 2. The third kappa shape index (κ3) is 3.60. The maximum Gasteiger partial charge on any atom is 0.426 e. The van der Waals surface area contributed by atoms with Gasteiger partial charge in [0.05, 0.1) is 10.7 Å². The fraction of sp³-hybridized carbons (Fsp3) is 0.429. The average molecular weight is 451 g/mol. The van der Waals surface area contributed by atoms with Gasteiger partial charge in [-0.2, -0.15) is 13.8 Å². The molecular weight excluding hydrogens is 430 g/mol. The van der Waals surface area contributed by atoms with Crippen molar-refractivity contribution < 1.29 is 23.0 Å². The molecule has 0 amide bonds. The summed E-state index contributed by atoms with van der Waals surface area (Å²) in [6.45, 7) is 3.40. The Kier molecular flexibility index (Phi) is 4.62. The van der Waals surface area contributed by atoms with E-state index in [1.54, 1.807) is 18.2 Å². The zero-order valence-electron chi connectivity index (χ0n) is 16.9. The number of benzene rings is 1. The van der Waals surface area contributed by atoms with Crippen molar-refractivity contribution in [2.45, 2.75) is 44.1 Å². The first kappa shape index (κ1) is 20.4. The van der Waals surface area contributed by atoms with Gasteiger partial charge in [-0.05, 0) is 44.5 Å². The van der Waals surface area contributed by atoms with Gasteiger partial charge in [0.15, 0.2) is 22.5 Å². The van der Waals surface area contributed by atoms with E-state index in [0.717, 1.165) is 20.3 Å². The lowest BCUT2D eigenvalue weighted by atomic mass is 9.92. The van der Waals surface area contributed by atoms with Crippen molar-refractivity contribution in [3.63, 3.8) is 0 Å². The smallest absolute Gasteiger partial charge is 0.426 e. The minimum atomic E-state index is -3.84. The molecule has 1 aromatic carbocycles. The molecule has 0 saturated carbocycles. The summed E-state index contributed by atoms with van der Waals surface area (Å²) in [7, 11) is 0. The number of nitrogens with one attached hydrogen (secondary N) is 1. The Hall–Kier alpha value is -2.49. The van der Waals surface area contributed by atoms with Gasteiger partial charge in [0.2, 0.25) is 0 Å². The van der Waals surface area contributed by atoms with Gasteiger partial charge in [-0.15, -0.1) is 0 Å². The molecule has 2 aromatic heterocycles. The highest BCUT2D eigenvalue weighted by atomic mass is 35.5. The van der Waals surface area contributed by atoms with Crippen LogP contribution in [0, 0.1) is 0 Å². The van der Waals surface area contributed by atoms with Crippen molar-refractivity contribution in [3.05, 3.63) is 35.5 Å². The zero-order valence-corrected chi connectivity index (χ0v) is 17.7. The van der Waals surface area contributed by atoms with E-state index in [1.807, 2.05) is 4.90 Å². The van der Waals surface area contributed by atoms with Crippen molar-refractivity contribution in [3.8, 4) is 17.0 Å². The van der Waals surface area contributed by atoms with Gasteiger partial charge < -0.3 is 24.5 Å². The Morgan fingerprint density at radius 2 is 1.94 bits per heavy atom. The number of alkyl halides is 2. The summed E-state index contributed by atoms with van der Waals surface area (Å²) < 4.78 is 39.9. The highest BCUT2D eigenvalue weighted by molar-refractivity contribution is 6.30. The fourth-order valence-electron chi connectivity index (χ4n) is 3.86. The SMILES string of the molecule is CC(C)(O)C(F)(F)Oc1ccc(-c2ccc(Cl)cn2)c2oc(N3CC4CC(C3)N4)nc12. The molecule has 2 N–H and O–H groups in total. The van der Waals surface area contributed by atoms with E-state index in [1.165, 1.54) is 12.3 Å². The van der Waals surface area contributed by atoms with Crippen molar-refractivity contribution in [2.75, 3.05) is 18.0 Å². The normalized spacial score (nSPS) is 21.3. The molecule has 2 unspecified atom stereocenters. The second-order valence-electron chi connectivity index (χ2n) is 8.53. The highest BCUT2D eigenvalue weighted by Crippen LogP contribution is 2.40. The van der Waals surface area contributed by atoms with Gasteiger partial charge in [-0.1, -0.05) is 11.6 Å². The predicted molar refractivity (Wildman–Crippen MR) is 112 cm³/mol. The summed E-state index contributed by atoms with van der Waals surface area (Å²) in [4.78, 5) is 10.8. The second kappa shape index (κ2) is 7.01. The number of hydrogen-bond acceptors (Lipinski definition) is 7. The van der Waals surface area contributed by atoms with Crippen LogP contribution in [0.15, 0.2) is 34.9 Å². The molecule has 3 aromatic rings. The number of fused-ring (bicyclic) bond motifs is 3. The number of oxazole rings is 1. The van der Waals surface area contributed by atoms with Crippen LogP contribution < -0.4 is 15.0 Å². The Morgan fingerprint density at radius 3 is 2.55 bits per heavy atom. The van der Waals surface area contributed by atoms with E-state index in [0.29, 0.717) is 47.5 Å². The zero-order chi connectivity index (χ0) is 22.0. The summed E-state index contributed by atoms with van der Waals surface area (Å²) in [5.41, 5.74) is -0.839. The van der Waals surface area contributed by atoms with Gasteiger partial charge in [0.1, 0.15) is 0 Å². The van der Waals surface area contributed by atoms with E-state index < -0.39 is 11.7 Å². The molecule has 3 fully saturated rings. The minimum Gasteiger partial charge on any atom is -0.428 e. The molecule has 5 heterocycles. The summed E-state index contributed by atoms with van der Waals surface area (Å²) >= 11 is 5.94. The summed E-state index contributed by atoms with van der Waals surface area (Å²) in [6, 6.07) is 7.43. The predicted octanol–water partition coefficient (Wildman–Crippen LogP) is 3.84. The number of pyridine rings is 1. The topological polar surface area (TPSA) is 83.7 Å². The monoisotopic (exact) mass is 450 g/mol. The van der Waals surface area contributed by atoms with Crippen LogP contribution in [0.25, 0.3) is 22.4 Å². The molecule has 164 valence electrons. The van der Waals surface area contributed by atoms with Crippen LogP contribution in [0.3, 0.4) is 0 Å². The van der Waals surface area contributed by atoms with E-state index in [9.17, 15) is 13.9 Å². The van der Waals surface area contributed by atoms with Crippen LogP contribution in [-0.2, 0) is 0 Å². The number of piperazine rings is 1. The first-order chi connectivity index (χ1) is 14.6. The van der Waals surface area contributed by atoms with Gasteiger partial charge in [-0.25, -0.2) is 0 Å². The molecule has 3 saturated heterocycles. The first-order valence-corrected chi connectivity index (χ1v) is 10.3. The van der Waals surface area contributed by atoms with Crippen LogP contribution in [0.5, 0.6) is 5.75 Å². The molecule has 2 bridgehead atoms. The first-order valence-electron chi connectivity index (χ1n) is 9.96. The Bertz CT molecular complexity index is 1110. The number of piperidine rings is 1. The van der Waals surface area contributed by atoms with E-state index >= 15 is 0 Å². The van der Waals surface area contributed by atoms with Crippen molar-refractivity contribution in [1.82, 2.24) is 15.3 Å². The lowest BCUT2D eigenvalue weighted by molar-refractivity contribution is -0.275. The number of anilines is 1. The van der Waals surface area contributed by atoms with Crippen LogP contribution >= 0.6 is 11.6 Å². The number of rotatable bonds is 5. The molecule has 31 heavy (non-hydrogen) atoms. The lowest BCUT2D eigenvalue weighted by Gasteiger charge is -2.47. The van der Waals surface area contributed by atoms with Crippen LogP contribution in [0.1, 0.15) is 20.3 Å². The quantitative estimate of drug-likeness (QED) is 0.611. The molecule has 0 radical (unpaired) electrons. The molecule has 10 heteroatoms. The molecule has 0 spiro atoms. The van der Waals surface area contributed by atoms with E-state index in [2.05, 4.69) is 15.3 Å². The van der Waals surface area contributed by atoms with Crippen LogP contribution in [0.2, 0.25) is 5.02 Å². The second-order valence-corrected chi connectivity index (χ2v) is 8.96. The fourth-order valence-corrected chi connectivity index (χ4v) is 3.97. The van der Waals surface area contributed by atoms with E-state index in [4.69, 9.17) is 20.8 Å². The van der Waals surface area contributed by atoms with Crippen molar-refractivity contribution in [1.29, 1.82) is 0 Å². The van der Waals surface area contributed by atoms with Gasteiger partial charge in [0.25, 0.3) is 6.01 Å². The van der Waals surface area contributed by atoms with Crippen molar-refractivity contribution in [2.24, 2.45) is 0 Å². The number of halogens is 3. The Labute approximate surface area is 182 Å². The standard InChI is InChI=1S/C21H21ClF2N4O3/c1-20(2,29)21(23,24)31-16-6-4-14(15-5-3-11(22)8-25-15)18-17(16)27-19(30-18)28-9-12-7-13(10-28)26-12/h3-6,8,12-13,26,29H,7,9-10H2,1-2H3. The summed E-state index contributed by atoms with van der Waals surface area (Å²) in [5.74, 6) is -0.185. The number of ether oxygens (including phenoxy) is 1. The third-order valence-electron chi connectivity index (χ3n) is 5.64. The number of hydrogen-bond donors (Lipinski definition) is 2. The Morgan fingerprint density at radius 1 is 1.23 bits per heavy atom. The maximum atomic E-state index is 14.5. The minimum absolute atomic E-state index is 0.139. The molecular formula is C21H21ClF2N4O3. The highest BCUT2D eigenvalue weighted by Gasteiger charge is 2.49. The molecule has 7 nitrogen and oxygen atoms in total. The van der Waals surface area contributed by atoms with Gasteiger partial charge in [0, 0.05) is 36.9 Å². The van der Waals surface area contributed by atoms with Gasteiger partial charge in [-0.3, -0.25) is 4.98 Å². The molecule has 3 aliphatic heterocycles. The van der Waals surface area contributed by atoms with Crippen LogP contribution in [-0.4, -0.2) is 52.0 Å². The summed E-state index contributed by atoms with van der Waals surface area (Å²) in [5, 5.41) is 13.7. The van der Waals surface area contributed by atoms with E-state index in [-0.39, 0.29) is 16.8 Å². The molecule has 6 rings (SSSR count). The molecule has 0 aliphatic carbocycles. The average Bonchev–Trinajstić information content (AvgIpc) is 3.14. The molecule has 2 atom stereocenters. The maximum absolute atomic E-state index is 14.5. The van der Waals surface area contributed by atoms with Gasteiger partial charge >= 0.3 is 6.11 Å². The largest absolute Gasteiger partial charge is 0.428 e. The Balaban J connectivity index is 1.61. The summed E-state index contributed by atoms with van der Waals surface area (Å²) in [6.07, 6.45) is -1.24. The number of nitrogens with zero attached hydrogens (tertiary/aromatic N) is 3. The third-order valence-corrected chi connectivity index (χ3v) is 5.87. The lowest BCUT2D eigenvalue weighted by Crippen LogP contribution is -2.67. The number of aliphatic hydroxyl groups is 1.